The van der Waals surface area contributed by atoms with E-state index in [0.717, 1.165) is 36.4 Å². The van der Waals surface area contributed by atoms with E-state index in [1.165, 1.54) is 19.3 Å². The first-order chi connectivity index (χ1) is 13.8. The van der Waals surface area contributed by atoms with E-state index in [1.54, 1.807) is 24.5 Å². The van der Waals surface area contributed by atoms with Gasteiger partial charge in [-0.3, -0.25) is 9.78 Å². The number of oxazole rings is 1. The first-order valence-electron chi connectivity index (χ1n) is 10.0. The number of hydrogen-bond acceptors (Lipinski definition) is 5. The molecule has 0 bridgehead atoms. The molecule has 6 nitrogen and oxygen atoms in total. The normalized spacial score (nSPS) is 14.9. The number of pyridine rings is 1. The van der Waals surface area contributed by atoms with Crippen molar-refractivity contribution in [3.63, 3.8) is 0 Å². The summed E-state index contributed by atoms with van der Waals surface area (Å²) >= 11 is 0. The van der Waals surface area contributed by atoms with Crippen LogP contribution in [0, 0.1) is 0 Å². The smallest absolute Gasteiger partial charge is 0.251 e. The van der Waals surface area contributed by atoms with E-state index in [4.69, 9.17) is 9.15 Å². The fourth-order valence-electron chi connectivity index (χ4n) is 3.61. The first-order valence-corrected chi connectivity index (χ1v) is 10.0. The van der Waals surface area contributed by atoms with Crippen LogP contribution in [0.5, 0.6) is 5.75 Å². The van der Waals surface area contributed by atoms with Gasteiger partial charge >= 0.3 is 0 Å². The van der Waals surface area contributed by atoms with Crippen molar-refractivity contribution in [1.29, 1.82) is 0 Å². The van der Waals surface area contributed by atoms with E-state index in [2.05, 4.69) is 15.3 Å². The summed E-state index contributed by atoms with van der Waals surface area (Å²) in [6, 6.07) is 9.15. The van der Waals surface area contributed by atoms with Crippen LogP contribution in [0.25, 0.3) is 11.1 Å². The van der Waals surface area contributed by atoms with Crippen LogP contribution in [0.1, 0.15) is 60.7 Å². The molecule has 0 radical (unpaired) electrons. The topological polar surface area (TPSA) is 77.2 Å². The molecule has 0 atom stereocenters. The lowest BCUT2D eigenvalue weighted by Gasteiger charge is -2.17. The third kappa shape index (κ3) is 4.50. The maximum absolute atomic E-state index is 12.4. The van der Waals surface area contributed by atoms with E-state index in [1.807, 2.05) is 18.2 Å². The highest BCUT2D eigenvalue weighted by Crippen LogP contribution is 2.33. The monoisotopic (exact) mass is 379 g/mol. The molecule has 28 heavy (non-hydrogen) atoms. The number of aromatic nitrogens is 2. The van der Waals surface area contributed by atoms with Crippen LogP contribution >= 0.6 is 0 Å². The van der Waals surface area contributed by atoms with Crippen molar-refractivity contribution in [3.05, 3.63) is 54.2 Å². The zero-order valence-electron chi connectivity index (χ0n) is 15.9. The Balaban J connectivity index is 1.30. The molecule has 4 rings (SSSR count). The summed E-state index contributed by atoms with van der Waals surface area (Å²) in [5, 5.41) is 2.92. The van der Waals surface area contributed by atoms with Gasteiger partial charge in [-0.15, -0.1) is 0 Å². The largest absolute Gasteiger partial charge is 0.492 e. The summed E-state index contributed by atoms with van der Waals surface area (Å²) in [6.45, 7) is 1.07. The van der Waals surface area contributed by atoms with Crippen molar-refractivity contribution in [2.75, 3.05) is 13.2 Å². The maximum atomic E-state index is 12.4. The molecule has 1 N–H and O–H groups in total. The Bertz CT molecular complexity index is 917. The zero-order valence-corrected chi connectivity index (χ0v) is 15.9. The molecule has 1 amide bonds. The molecule has 0 spiro atoms. The number of nitrogens with one attached hydrogen (secondary N) is 1. The number of fused-ring (bicyclic) bond motifs is 1. The van der Waals surface area contributed by atoms with E-state index >= 15 is 0 Å². The van der Waals surface area contributed by atoms with E-state index < -0.39 is 0 Å². The Hall–Kier alpha value is -2.89. The highest BCUT2D eigenvalue weighted by atomic mass is 16.5. The minimum absolute atomic E-state index is 0.112. The Morgan fingerprint density at radius 2 is 2.11 bits per heavy atom. The lowest BCUT2D eigenvalue weighted by atomic mass is 9.89. The lowest BCUT2D eigenvalue weighted by molar-refractivity contribution is 0.0951. The second kappa shape index (κ2) is 8.87. The van der Waals surface area contributed by atoms with Crippen LogP contribution in [0.3, 0.4) is 0 Å². The number of ether oxygens (including phenoxy) is 1. The highest BCUT2D eigenvalue weighted by Gasteiger charge is 2.21. The van der Waals surface area contributed by atoms with Crippen LogP contribution in [-0.4, -0.2) is 29.0 Å². The van der Waals surface area contributed by atoms with Crippen LogP contribution in [-0.2, 0) is 0 Å². The van der Waals surface area contributed by atoms with Gasteiger partial charge in [-0.25, -0.2) is 4.98 Å². The number of carbonyl (C=O) groups excluding carboxylic acids is 1. The summed E-state index contributed by atoms with van der Waals surface area (Å²) in [4.78, 5) is 21.0. The fraction of sp³-hybridized carbons (Fsp3) is 0.409. The van der Waals surface area contributed by atoms with Crippen LogP contribution in [0.15, 0.2) is 47.1 Å². The van der Waals surface area contributed by atoms with Gasteiger partial charge in [0.1, 0.15) is 11.3 Å². The third-order valence-corrected chi connectivity index (χ3v) is 5.13. The van der Waals surface area contributed by atoms with Crippen molar-refractivity contribution < 1.29 is 13.9 Å². The standard InChI is InChI=1S/C22H25N3O3/c26-21(24-12-5-13-27-18-8-4-11-23-15-18)17-9-10-19-20(14-17)28-22(25-19)16-6-2-1-3-7-16/h4,8-11,14-16H,1-3,5-7,12-13H2,(H,24,26). The van der Waals surface area contributed by atoms with Gasteiger partial charge in [0.15, 0.2) is 11.5 Å². The van der Waals surface area contributed by atoms with Crippen LogP contribution < -0.4 is 10.1 Å². The van der Waals surface area contributed by atoms with Gasteiger partial charge in [0.05, 0.1) is 12.8 Å². The van der Waals surface area contributed by atoms with E-state index in [-0.39, 0.29) is 5.91 Å². The quantitative estimate of drug-likeness (QED) is 0.613. The molecule has 146 valence electrons. The minimum Gasteiger partial charge on any atom is -0.492 e. The molecule has 2 aromatic heterocycles. The number of hydrogen-bond donors (Lipinski definition) is 1. The highest BCUT2D eigenvalue weighted by molar-refractivity contribution is 5.97. The average molecular weight is 379 g/mol. The molecule has 1 fully saturated rings. The molecule has 1 aliphatic rings. The fourth-order valence-corrected chi connectivity index (χ4v) is 3.61. The number of nitrogens with zero attached hydrogens (tertiary/aromatic N) is 2. The van der Waals surface area contributed by atoms with Crippen molar-refractivity contribution in [1.82, 2.24) is 15.3 Å². The Morgan fingerprint density at radius 1 is 1.21 bits per heavy atom. The summed E-state index contributed by atoms with van der Waals surface area (Å²) in [6.07, 6.45) is 10.2. The first kappa shape index (κ1) is 18.5. The number of benzene rings is 1. The van der Waals surface area contributed by atoms with Crippen molar-refractivity contribution in [3.8, 4) is 5.75 Å². The predicted octanol–water partition coefficient (Wildman–Crippen LogP) is 4.47. The molecule has 0 unspecified atom stereocenters. The van der Waals surface area contributed by atoms with Crippen LogP contribution in [0.4, 0.5) is 0 Å². The minimum atomic E-state index is -0.112. The van der Waals surface area contributed by atoms with Crippen LogP contribution in [0.2, 0.25) is 0 Å². The van der Waals surface area contributed by atoms with Crippen molar-refractivity contribution >= 4 is 17.0 Å². The van der Waals surface area contributed by atoms with Gasteiger partial charge in [-0.05, 0) is 49.6 Å². The predicted molar refractivity (Wildman–Crippen MR) is 107 cm³/mol. The van der Waals surface area contributed by atoms with Gasteiger partial charge in [-0.2, -0.15) is 0 Å². The molecule has 1 aromatic carbocycles. The zero-order chi connectivity index (χ0) is 19.2. The summed E-state index contributed by atoms with van der Waals surface area (Å²) in [5.41, 5.74) is 2.10. The second-order valence-corrected chi connectivity index (χ2v) is 7.22. The molecule has 3 aromatic rings. The number of carbonyl (C=O) groups is 1. The number of amides is 1. The van der Waals surface area contributed by atoms with Gasteiger partial charge in [0, 0.05) is 24.2 Å². The Labute approximate surface area is 164 Å². The Kier molecular flexibility index (Phi) is 5.85. The maximum Gasteiger partial charge on any atom is 0.251 e. The van der Waals surface area contributed by atoms with E-state index in [0.29, 0.717) is 30.2 Å². The van der Waals surface area contributed by atoms with Gasteiger partial charge in [0.2, 0.25) is 0 Å². The summed E-state index contributed by atoms with van der Waals surface area (Å²) in [7, 11) is 0. The van der Waals surface area contributed by atoms with E-state index in [9.17, 15) is 4.79 Å². The third-order valence-electron chi connectivity index (χ3n) is 5.13. The average Bonchev–Trinajstić information content (AvgIpc) is 3.18. The molecule has 0 aliphatic heterocycles. The second-order valence-electron chi connectivity index (χ2n) is 7.22. The molecule has 0 saturated heterocycles. The van der Waals surface area contributed by atoms with Gasteiger partial charge in [-0.1, -0.05) is 19.3 Å². The molecule has 6 heteroatoms. The number of rotatable bonds is 7. The Morgan fingerprint density at radius 3 is 2.93 bits per heavy atom. The lowest BCUT2D eigenvalue weighted by Crippen LogP contribution is -2.25. The van der Waals surface area contributed by atoms with Crippen molar-refractivity contribution in [2.24, 2.45) is 0 Å². The van der Waals surface area contributed by atoms with Crippen molar-refractivity contribution in [2.45, 2.75) is 44.4 Å². The van der Waals surface area contributed by atoms with Gasteiger partial charge in [0.25, 0.3) is 5.91 Å². The molecule has 1 saturated carbocycles. The summed E-state index contributed by atoms with van der Waals surface area (Å²) in [5.74, 6) is 1.86. The molecule has 1 aliphatic carbocycles. The molecular formula is C22H25N3O3. The SMILES string of the molecule is O=C(NCCCOc1cccnc1)c1ccc2nc(C3CCCCC3)oc2c1. The van der Waals surface area contributed by atoms with Gasteiger partial charge < -0.3 is 14.5 Å². The molecular weight excluding hydrogens is 354 g/mol. The summed E-state index contributed by atoms with van der Waals surface area (Å²) < 4.78 is 11.5. The molecule has 2 heterocycles.